The molecule has 2 heterocycles. The van der Waals surface area contributed by atoms with Crippen molar-refractivity contribution in [2.24, 2.45) is 0 Å². The third-order valence-corrected chi connectivity index (χ3v) is 4.49. The number of benzene rings is 1. The van der Waals surface area contributed by atoms with Crippen molar-refractivity contribution in [2.75, 3.05) is 11.9 Å². The summed E-state index contributed by atoms with van der Waals surface area (Å²) in [5.74, 6) is 0.970. The van der Waals surface area contributed by atoms with E-state index < -0.39 is 0 Å². The van der Waals surface area contributed by atoms with E-state index in [-0.39, 0.29) is 0 Å². The molecular formula is C17H19N3S. The fourth-order valence-corrected chi connectivity index (χ4v) is 3.55. The van der Waals surface area contributed by atoms with Gasteiger partial charge in [0.1, 0.15) is 12.1 Å². The van der Waals surface area contributed by atoms with Gasteiger partial charge in [0.15, 0.2) is 0 Å². The number of nitrogens with zero attached hydrogens (tertiary/aromatic N) is 2. The Hall–Kier alpha value is -1.94. The van der Waals surface area contributed by atoms with E-state index in [0.717, 1.165) is 30.9 Å². The average Bonchev–Trinajstić information content (AvgIpc) is 2.98. The number of thiophene rings is 1. The van der Waals surface area contributed by atoms with Gasteiger partial charge in [0, 0.05) is 22.4 Å². The quantitative estimate of drug-likeness (QED) is 0.739. The maximum atomic E-state index is 4.60. The molecule has 108 valence electrons. The van der Waals surface area contributed by atoms with Crippen LogP contribution in [0.25, 0.3) is 21.3 Å². The first kappa shape index (κ1) is 14.0. The highest BCUT2D eigenvalue weighted by Gasteiger charge is 2.14. The molecule has 3 nitrogen and oxygen atoms in total. The normalized spacial score (nSPS) is 11.0. The summed E-state index contributed by atoms with van der Waals surface area (Å²) in [6, 6.07) is 8.59. The van der Waals surface area contributed by atoms with Gasteiger partial charge in [0.05, 0.1) is 5.69 Å². The summed E-state index contributed by atoms with van der Waals surface area (Å²) >= 11 is 1.77. The van der Waals surface area contributed by atoms with E-state index in [0.29, 0.717) is 0 Å². The predicted molar refractivity (Wildman–Crippen MR) is 91.0 cm³/mol. The van der Waals surface area contributed by atoms with Crippen molar-refractivity contribution in [3.05, 3.63) is 41.5 Å². The van der Waals surface area contributed by atoms with E-state index in [2.05, 4.69) is 58.8 Å². The highest BCUT2D eigenvalue weighted by atomic mass is 32.1. The third-order valence-electron chi connectivity index (χ3n) is 3.52. The molecule has 1 N–H and O–H groups in total. The van der Waals surface area contributed by atoms with E-state index in [4.69, 9.17) is 0 Å². The summed E-state index contributed by atoms with van der Waals surface area (Å²) in [7, 11) is 0. The molecule has 21 heavy (non-hydrogen) atoms. The fraction of sp³-hybridized carbons (Fsp3) is 0.294. The smallest absolute Gasteiger partial charge is 0.133 e. The molecule has 0 amide bonds. The predicted octanol–water partition coefficient (Wildman–Crippen LogP) is 4.74. The molecule has 4 heteroatoms. The zero-order valence-electron chi connectivity index (χ0n) is 12.4. The lowest BCUT2D eigenvalue weighted by atomic mass is 10.0. The van der Waals surface area contributed by atoms with Crippen LogP contribution < -0.4 is 5.32 Å². The van der Waals surface area contributed by atoms with Crippen molar-refractivity contribution in [1.82, 2.24) is 9.97 Å². The molecule has 0 aliphatic rings. The molecule has 0 saturated heterocycles. The van der Waals surface area contributed by atoms with Crippen LogP contribution in [-0.2, 0) is 6.42 Å². The van der Waals surface area contributed by atoms with Crippen molar-refractivity contribution in [2.45, 2.75) is 26.7 Å². The van der Waals surface area contributed by atoms with Crippen LogP contribution in [0, 0.1) is 0 Å². The van der Waals surface area contributed by atoms with Crippen LogP contribution in [0.15, 0.2) is 36.0 Å². The van der Waals surface area contributed by atoms with E-state index in [1.807, 2.05) is 0 Å². The van der Waals surface area contributed by atoms with E-state index >= 15 is 0 Å². The zero-order chi connectivity index (χ0) is 14.7. The molecule has 0 radical (unpaired) electrons. The Kier molecular flexibility index (Phi) is 4.15. The number of nitrogens with one attached hydrogen (secondary N) is 1. The maximum Gasteiger partial charge on any atom is 0.133 e. The molecule has 0 unspecified atom stereocenters. The topological polar surface area (TPSA) is 37.8 Å². The molecule has 0 aliphatic carbocycles. The highest BCUT2D eigenvalue weighted by Crippen LogP contribution is 2.35. The monoisotopic (exact) mass is 297 g/mol. The first-order chi connectivity index (χ1) is 10.3. The lowest BCUT2D eigenvalue weighted by molar-refractivity contribution is 0.902. The van der Waals surface area contributed by atoms with Gasteiger partial charge in [0.25, 0.3) is 0 Å². The van der Waals surface area contributed by atoms with Crippen LogP contribution in [0.5, 0.6) is 0 Å². The van der Waals surface area contributed by atoms with Gasteiger partial charge >= 0.3 is 0 Å². The minimum Gasteiger partial charge on any atom is -0.370 e. The fourth-order valence-electron chi connectivity index (χ4n) is 2.63. The van der Waals surface area contributed by atoms with Crippen LogP contribution >= 0.6 is 11.3 Å². The minimum absolute atomic E-state index is 0.871. The summed E-state index contributed by atoms with van der Waals surface area (Å²) in [4.78, 5) is 9.02. The van der Waals surface area contributed by atoms with Crippen LogP contribution in [0.4, 0.5) is 5.82 Å². The van der Waals surface area contributed by atoms with Gasteiger partial charge in [-0.05, 0) is 30.2 Å². The summed E-state index contributed by atoms with van der Waals surface area (Å²) in [6.45, 7) is 5.16. The minimum atomic E-state index is 0.871. The van der Waals surface area contributed by atoms with Crippen LogP contribution in [0.1, 0.15) is 25.8 Å². The molecular weight excluding hydrogens is 278 g/mol. The van der Waals surface area contributed by atoms with E-state index in [1.165, 1.54) is 21.2 Å². The molecule has 0 saturated carbocycles. The van der Waals surface area contributed by atoms with Gasteiger partial charge in [-0.25, -0.2) is 9.97 Å². The van der Waals surface area contributed by atoms with Crippen molar-refractivity contribution in [1.29, 1.82) is 0 Å². The lowest BCUT2D eigenvalue weighted by Crippen LogP contribution is -2.06. The molecule has 3 aromatic rings. The van der Waals surface area contributed by atoms with Gasteiger partial charge in [-0.15, -0.1) is 11.3 Å². The molecule has 3 rings (SSSR count). The van der Waals surface area contributed by atoms with Gasteiger partial charge in [-0.3, -0.25) is 0 Å². The zero-order valence-corrected chi connectivity index (χ0v) is 13.2. The average molecular weight is 297 g/mol. The van der Waals surface area contributed by atoms with Crippen LogP contribution in [0.2, 0.25) is 0 Å². The molecule has 0 fully saturated rings. The van der Waals surface area contributed by atoms with Gasteiger partial charge in [-0.1, -0.05) is 31.5 Å². The van der Waals surface area contributed by atoms with Gasteiger partial charge < -0.3 is 5.32 Å². The highest BCUT2D eigenvalue weighted by molar-refractivity contribution is 7.17. The van der Waals surface area contributed by atoms with Crippen molar-refractivity contribution in [3.8, 4) is 11.3 Å². The molecule has 0 spiro atoms. The summed E-state index contributed by atoms with van der Waals surface area (Å²) in [5, 5.41) is 6.79. The summed E-state index contributed by atoms with van der Waals surface area (Å²) in [6.07, 6.45) is 3.73. The molecule has 2 aromatic heterocycles. The Labute approximate surface area is 129 Å². The first-order valence-corrected chi connectivity index (χ1v) is 8.27. The Morgan fingerprint density at radius 3 is 2.86 bits per heavy atom. The maximum absolute atomic E-state index is 4.60. The number of hydrogen-bond donors (Lipinski definition) is 1. The second-order valence-electron chi connectivity index (χ2n) is 4.97. The van der Waals surface area contributed by atoms with Crippen molar-refractivity contribution >= 4 is 27.2 Å². The Morgan fingerprint density at radius 1 is 1.14 bits per heavy atom. The second kappa shape index (κ2) is 6.22. The van der Waals surface area contributed by atoms with Crippen molar-refractivity contribution in [3.63, 3.8) is 0 Å². The Balaban J connectivity index is 2.21. The number of hydrogen-bond acceptors (Lipinski definition) is 4. The molecule has 0 atom stereocenters. The lowest BCUT2D eigenvalue weighted by Gasteiger charge is -2.13. The van der Waals surface area contributed by atoms with Crippen molar-refractivity contribution < 1.29 is 0 Å². The van der Waals surface area contributed by atoms with Crippen LogP contribution in [0.3, 0.4) is 0 Å². The largest absolute Gasteiger partial charge is 0.370 e. The number of rotatable bonds is 5. The number of anilines is 1. The van der Waals surface area contributed by atoms with Gasteiger partial charge in [0.2, 0.25) is 0 Å². The van der Waals surface area contributed by atoms with Crippen LogP contribution in [-0.4, -0.2) is 16.5 Å². The molecule has 0 bridgehead atoms. The second-order valence-corrected chi connectivity index (χ2v) is 5.89. The van der Waals surface area contributed by atoms with Gasteiger partial charge in [-0.2, -0.15) is 0 Å². The number of aromatic nitrogens is 2. The third kappa shape index (κ3) is 2.63. The molecule has 1 aromatic carbocycles. The Bertz CT molecular complexity index is 749. The summed E-state index contributed by atoms with van der Waals surface area (Å²) < 4.78 is 1.30. The summed E-state index contributed by atoms with van der Waals surface area (Å²) in [5.41, 5.74) is 3.51. The molecule has 0 aliphatic heterocycles. The number of fused-ring (bicyclic) bond motifs is 1. The van der Waals surface area contributed by atoms with E-state index in [9.17, 15) is 0 Å². The first-order valence-electron chi connectivity index (χ1n) is 7.39. The van der Waals surface area contributed by atoms with E-state index in [1.54, 1.807) is 17.7 Å². The SMILES string of the molecule is CCCc1c(NCC)ncnc1-c1cccc2ccsc12. The Morgan fingerprint density at radius 2 is 2.05 bits per heavy atom. The standard InChI is InChI=1S/C17H19N3S/c1-3-6-14-15(19-11-20-17(14)18-4-2)13-8-5-7-12-9-10-21-16(12)13/h5,7-11H,3-4,6H2,1-2H3,(H,18,19,20).